The molecule has 0 amide bonds. The highest BCUT2D eigenvalue weighted by atomic mass is 16.3. The van der Waals surface area contributed by atoms with Crippen molar-refractivity contribution in [2.24, 2.45) is 0 Å². The van der Waals surface area contributed by atoms with E-state index in [9.17, 15) is 25.5 Å². The molecule has 0 spiro atoms. The van der Waals surface area contributed by atoms with E-state index in [1.165, 1.54) is 62.5 Å². The van der Waals surface area contributed by atoms with Crippen LogP contribution in [-0.2, 0) is 0 Å². The Kier molecular flexibility index (Phi) is 12.6. The maximum absolute atomic E-state index is 13.3. The Morgan fingerprint density at radius 3 is 1.18 bits per heavy atom. The summed E-state index contributed by atoms with van der Waals surface area (Å²) >= 11 is 0. The molecule has 5 N–H and O–H groups in total. The van der Waals surface area contributed by atoms with Gasteiger partial charge in [0.05, 0.1) is 0 Å². The summed E-state index contributed by atoms with van der Waals surface area (Å²) in [5.41, 5.74) is 10.5. The summed E-state index contributed by atoms with van der Waals surface area (Å²) in [4.78, 5) is 0. The van der Waals surface area contributed by atoms with Gasteiger partial charge in [0, 0.05) is 39.3 Å². The summed E-state index contributed by atoms with van der Waals surface area (Å²) in [5.74, 6) is 1.15. The zero-order valence-corrected chi connectivity index (χ0v) is 37.2. The molecule has 4 aliphatic carbocycles. The van der Waals surface area contributed by atoms with Gasteiger partial charge in [-0.2, -0.15) is 0 Å². The second-order valence-corrected chi connectivity index (χ2v) is 19.7. The molecule has 0 radical (unpaired) electrons. The molecular weight excluding hydrogens is 765 g/mol. The number of rotatable bonds is 9. The number of para-hydroxylation sites is 2. The summed E-state index contributed by atoms with van der Waals surface area (Å²) in [6.45, 7) is 4.16. The Bertz CT molecular complexity index is 2320. The van der Waals surface area contributed by atoms with Crippen LogP contribution < -0.4 is 0 Å². The van der Waals surface area contributed by atoms with Crippen molar-refractivity contribution in [1.82, 2.24) is 0 Å². The molecule has 0 saturated heterocycles. The first-order chi connectivity index (χ1) is 30.2. The SMILES string of the molecule is Cc1cc(O)c(-c2ccc(C(c3cccc(C4CCCCC4)c3O)c3cccc(C4CCCCC4)c3O)c(O)c2-c2cc(C3CCCCC3)c(C)cc2O)cc1C1CCCCC1. The van der Waals surface area contributed by atoms with E-state index < -0.39 is 5.92 Å². The van der Waals surface area contributed by atoms with Crippen molar-refractivity contribution in [3.05, 3.63) is 123 Å². The van der Waals surface area contributed by atoms with Crippen LogP contribution in [0.2, 0.25) is 0 Å². The van der Waals surface area contributed by atoms with Crippen molar-refractivity contribution in [3.8, 4) is 51.0 Å². The zero-order chi connectivity index (χ0) is 42.9. The molecule has 0 aliphatic heterocycles. The molecule has 5 nitrogen and oxygen atoms in total. The van der Waals surface area contributed by atoms with Crippen molar-refractivity contribution in [2.75, 3.05) is 0 Å². The van der Waals surface area contributed by atoms with Crippen LogP contribution in [0.5, 0.6) is 28.7 Å². The number of phenols is 5. The molecule has 0 atom stereocenters. The molecule has 4 saturated carbocycles. The van der Waals surface area contributed by atoms with E-state index in [0.717, 1.165) is 99.3 Å². The first-order valence-corrected chi connectivity index (χ1v) is 24.4. The highest BCUT2D eigenvalue weighted by Gasteiger charge is 2.34. The minimum atomic E-state index is -0.732. The maximum atomic E-state index is 13.3. The van der Waals surface area contributed by atoms with Crippen LogP contribution in [0.4, 0.5) is 0 Å². The summed E-state index contributed by atoms with van der Waals surface area (Å²) in [7, 11) is 0. The van der Waals surface area contributed by atoms with Crippen LogP contribution in [-0.4, -0.2) is 25.5 Å². The molecule has 0 bridgehead atoms. The van der Waals surface area contributed by atoms with E-state index in [4.69, 9.17) is 0 Å². The minimum absolute atomic E-state index is 0.0228. The highest BCUT2D eigenvalue weighted by molar-refractivity contribution is 5.93. The Morgan fingerprint density at radius 2 is 0.742 bits per heavy atom. The Labute approximate surface area is 369 Å². The lowest BCUT2D eigenvalue weighted by molar-refractivity contribution is 0.406. The number of phenolic OH excluding ortho intramolecular Hbond substituents is 5. The predicted molar refractivity (Wildman–Crippen MR) is 252 cm³/mol. The van der Waals surface area contributed by atoms with Gasteiger partial charge in [-0.1, -0.05) is 126 Å². The normalized spacial score (nSPS) is 18.7. The van der Waals surface area contributed by atoms with Gasteiger partial charge in [-0.05, 0) is 152 Å². The minimum Gasteiger partial charge on any atom is -0.507 e. The Balaban J connectivity index is 1.30. The van der Waals surface area contributed by atoms with E-state index >= 15 is 0 Å². The molecule has 5 aromatic rings. The summed E-state index contributed by atoms with van der Waals surface area (Å²) in [6.07, 6.45) is 22.6. The second kappa shape index (κ2) is 18.4. The van der Waals surface area contributed by atoms with Crippen LogP contribution >= 0.6 is 0 Å². The summed E-state index contributed by atoms with van der Waals surface area (Å²) in [6, 6.07) is 24.0. The maximum Gasteiger partial charge on any atom is 0.128 e. The first kappa shape index (κ1) is 42.4. The fourth-order valence-electron chi connectivity index (χ4n) is 12.5. The van der Waals surface area contributed by atoms with E-state index in [1.54, 1.807) is 0 Å². The summed E-state index contributed by atoms with van der Waals surface area (Å²) < 4.78 is 0. The van der Waals surface area contributed by atoms with Crippen molar-refractivity contribution >= 4 is 0 Å². The van der Waals surface area contributed by atoms with Gasteiger partial charge in [0.1, 0.15) is 28.7 Å². The Hall–Kier alpha value is -4.90. The summed E-state index contributed by atoms with van der Waals surface area (Å²) in [5, 5.41) is 62.3. The second-order valence-electron chi connectivity index (χ2n) is 19.7. The van der Waals surface area contributed by atoms with Gasteiger partial charge in [-0.25, -0.2) is 0 Å². The lowest BCUT2D eigenvalue weighted by atomic mass is 9.75. The standard InChI is InChI=1S/C57H68O5/c1-35-31-51(58)49(33-47(35)39-21-11-5-12-22-39)43-29-30-46(57(62)54(43)50-34-48(36(2)32-52(50)59)40-23-13-6-14-24-40)53(44-27-15-25-41(55(44)60)37-17-7-3-8-18-37)45-28-16-26-42(56(45)61)38-19-9-4-10-20-38/h15-16,25-34,37-40,53,58-62H,3-14,17-24H2,1-2H3. The van der Waals surface area contributed by atoms with Gasteiger partial charge < -0.3 is 25.5 Å². The van der Waals surface area contributed by atoms with E-state index in [2.05, 4.69) is 38.1 Å². The third kappa shape index (κ3) is 8.22. The number of hydrogen-bond acceptors (Lipinski definition) is 5. The first-order valence-electron chi connectivity index (χ1n) is 24.4. The molecule has 62 heavy (non-hydrogen) atoms. The molecule has 9 rings (SSSR count). The van der Waals surface area contributed by atoms with E-state index in [-0.39, 0.29) is 40.6 Å². The lowest BCUT2D eigenvalue weighted by Gasteiger charge is -2.30. The van der Waals surface area contributed by atoms with Crippen molar-refractivity contribution in [2.45, 2.75) is 172 Å². The molecule has 0 heterocycles. The van der Waals surface area contributed by atoms with Gasteiger partial charge in [0.2, 0.25) is 0 Å². The van der Waals surface area contributed by atoms with Crippen molar-refractivity contribution in [1.29, 1.82) is 0 Å². The topological polar surface area (TPSA) is 101 Å². The quantitative estimate of drug-likeness (QED) is 0.0953. The average molecular weight is 833 g/mol. The Morgan fingerprint density at radius 1 is 0.371 bits per heavy atom. The molecule has 5 heteroatoms. The van der Waals surface area contributed by atoms with Crippen molar-refractivity contribution in [3.63, 3.8) is 0 Å². The molecule has 4 aliphatic rings. The molecule has 0 aromatic heterocycles. The highest BCUT2D eigenvalue weighted by Crippen LogP contribution is 2.55. The van der Waals surface area contributed by atoms with E-state index in [0.29, 0.717) is 50.8 Å². The van der Waals surface area contributed by atoms with Gasteiger partial charge in [-0.3, -0.25) is 0 Å². The van der Waals surface area contributed by atoms with Crippen molar-refractivity contribution < 1.29 is 25.5 Å². The molecular formula is C57H68O5. The predicted octanol–water partition coefficient (Wildman–Crippen LogP) is 15.5. The fourth-order valence-corrected chi connectivity index (χ4v) is 12.5. The monoisotopic (exact) mass is 833 g/mol. The van der Waals surface area contributed by atoms with Gasteiger partial charge in [0.15, 0.2) is 0 Å². The van der Waals surface area contributed by atoms with Crippen LogP contribution in [0.1, 0.15) is 208 Å². The molecule has 4 fully saturated rings. The number of aromatic hydroxyl groups is 5. The molecule has 0 unspecified atom stereocenters. The van der Waals surface area contributed by atoms with Gasteiger partial charge >= 0.3 is 0 Å². The molecule has 5 aromatic carbocycles. The third-order valence-electron chi connectivity index (χ3n) is 15.8. The van der Waals surface area contributed by atoms with Crippen LogP contribution in [0.25, 0.3) is 22.3 Å². The number of aryl methyl sites for hydroxylation is 2. The number of benzene rings is 5. The zero-order valence-electron chi connectivity index (χ0n) is 37.2. The van der Waals surface area contributed by atoms with Gasteiger partial charge in [0.25, 0.3) is 0 Å². The van der Waals surface area contributed by atoms with Crippen LogP contribution in [0.3, 0.4) is 0 Å². The third-order valence-corrected chi connectivity index (χ3v) is 15.8. The molecule has 326 valence electrons. The van der Waals surface area contributed by atoms with Crippen LogP contribution in [0.15, 0.2) is 72.8 Å². The smallest absolute Gasteiger partial charge is 0.128 e. The largest absolute Gasteiger partial charge is 0.507 e. The fraction of sp³-hybridized carbons (Fsp3) is 0.474. The average Bonchev–Trinajstić information content (AvgIpc) is 3.29. The lowest BCUT2D eigenvalue weighted by Crippen LogP contribution is -2.11. The van der Waals surface area contributed by atoms with Gasteiger partial charge in [-0.15, -0.1) is 0 Å². The van der Waals surface area contributed by atoms with Crippen LogP contribution in [0, 0.1) is 13.8 Å². The van der Waals surface area contributed by atoms with E-state index in [1.807, 2.05) is 48.5 Å². The number of hydrogen-bond donors (Lipinski definition) is 5.